The van der Waals surface area contributed by atoms with Gasteiger partial charge in [-0.2, -0.15) is 0 Å². The van der Waals surface area contributed by atoms with Gasteiger partial charge >= 0.3 is 0 Å². The quantitative estimate of drug-likeness (QED) is 0.874. The fourth-order valence-corrected chi connectivity index (χ4v) is 2.30. The van der Waals surface area contributed by atoms with Gasteiger partial charge in [0.2, 0.25) is 0 Å². The number of carbonyl (C=O) groups is 1. The molecule has 0 bridgehead atoms. The summed E-state index contributed by atoms with van der Waals surface area (Å²) in [5.74, 6) is 0.616. The van der Waals surface area contributed by atoms with Gasteiger partial charge in [-0.05, 0) is 44.5 Å². The molecule has 0 aliphatic carbocycles. The van der Waals surface area contributed by atoms with Gasteiger partial charge in [-0.15, -0.1) is 0 Å². The van der Waals surface area contributed by atoms with Crippen LogP contribution in [0.25, 0.3) is 0 Å². The van der Waals surface area contributed by atoms with Crippen molar-refractivity contribution >= 4 is 5.91 Å². The van der Waals surface area contributed by atoms with Gasteiger partial charge in [-0.1, -0.05) is 30.3 Å². The van der Waals surface area contributed by atoms with Gasteiger partial charge in [-0.25, -0.2) is 0 Å². The highest BCUT2D eigenvalue weighted by Crippen LogP contribution is 2.22. The average molecular weight is 327 g/mol. The van der Waals surface area contributed by atoms with Crippen molar-refractivity contribution in [3.8, 4) is 5.75 Å². The highest BCUT2D eigenvalue weighted by Gasteiger charge is 2.16. The molecule has 24 heavy (non-hydrogen) atoms. The third-order valence-corrected chi connectivity index (χ3v) is 3.40. The van der Waals surface area contributed by atoms with E-state index in [9.17, 15) is 4.79 Å². The lowest BCUT2D eigenvalue weighted by Crippen LogP contribution is -2.40. The summed E-state index contributed by atoms with van der Waals surface area (Å²) < 4.78 is 11.1. The lowest BCUT2D eigenvalue weighted by atomic mass is 10.1. The number of ether oxygens (including phenoxy) is 2. The zero-order valence-corrected chi connectivity index (χ0v) is 14.8. The van der Waals surface area contributed by atoms with E-state index in [1.54, 1.807) is 19.2 Å². The molecule has 2 aromatic rings. The Morgan fingerprint density at radius 2 is 1.75 bits per heavy atom. The van der Waals surface area contributed by atoms with Crippen molar-refractivity contribution < 1.29 is 14.3 Å². The van der Waals surface area contributed by atoms with E-state index in [1.165, 1.54) is 0 Å². The summed E-state index contributed by atoms with van der Waals surface area (Å²) in [6, 6.07) is 15.4. The van der Waals surface area contributed by atoms with E-state index < -0.39 is 0 Å². The molecule has 4 nitrogen and oxygen atoms in total. The van der Waals surface area contributed by atoms with Crippen LogP contribution in [-0.4, -0.2) is 18.6 Å². The molecule has 0 heterocycles. The first-order valence-electron chi connectivity index (χ1n) is 8.00. The van der Waals surface area contributed by atoms with E-state index in [0.29, 0.717) is 18.8 Å². The van der Waals surface area contributed by atoms with E-state index in [0.717, 1.165) is 16.9 Å². The summed E-state index contributed by atoms with van der Waals surface area (Å²) in [5.41, 5.74) is 2.29. The van der Waals surface area contributed by atoms with E-state index in [4.69, 9.17) is 9.47 Å². The molecule has 0 fully saturated rings. The van der Waals surface area contributed by atoms with E-state index >= 15 is 0 Å². The maximum atomic E-state index is 12.3. The van der Waals surface area contributed by atoms with Crippen LogP contribution < -0.4 is 10.1 Å². The molecule has 0 aromatic heterocycles. The Hall–Kier alpha value is -2.33. The smallest absolute Gasteiger partial charge is 0.251 e. The number of benzene rings is 2. The van der Waals surface area contributed by atoms with Crippen LogP contribution in [0.5, 0.6) is 5.75 Å². The second-order valence-electron chi connectivity index (χ2n) is 6.71. The number of hydrogen-bond donors (Lipinski definition) is 1. The first-order valence-corrected chi connectivity index (χ1v) is 8.00. The van der Waals surface area contributed by atoms with Crippen LogP contribution >= 0.6 is 0 Å². The van der Waals surface area contributed by atoms with Crippen LogP contribution in [0, 0.1) is 0 Å². The van der Waals surface area contributed by atoms with Gasteiger partial charge < -0.3 is 14.8 Å². The Balaban J connectivity index is 2.07. The summed E-state index contributed by atoms with van der Waals surface area (Å²) >= 11 is 0. The zero-order chi connectivity index (χ0) is 17.6. The highest BCUT2D eigenvalue weighted by atomic mass is 16.5. The van der Waals surface area contributed by atoms with Crippen molar-refractivity contribution in [2.24, 2.45) is 0 Å². The number of rotatable bonds is 6. The van der Waals surface area contributed by atoms with E-state index in [-0.39, 0.29) is 11.4 Å². The minimum absolute atomic E-state index is 0.102. The molecular weight excluding hydrogens is 302 g/mol. The first-order chi connectivity index (χ1) is 11.4. The van der Waals surface area contributed by atoms with Crippen molar-refractivity contribution in [2.75, 3.05) is 7.11 Å². The maximum absolute atomic E-state index is 12.3. The lowest BCUT2D eigenvalue weighted by Gasteiger charge is -2.21. The molecule has 0 atom stereocenters. The molecule has 2 rings (SSSR count). The minimum atomic E-state index is -0.277. The zero-order valence-electron chi connectivity index (χ0n) is 14.8. The van der Waals surface area contributed by atoms with Crippen LogP contribution in [0.4, 0.5) is 0 Å². The number of nitrogens with one attached hydrogen (secondary N) is 1. The monoisotopic (exact) mass is 327 g/mol. The Bertz CT molecular complexity index is 675. The summed E-state index contributed by atoms with van der Waals surface area (Å²) in [4.78, 5) is 12.3. The predicted molar refractivity (Wildman–Crippen MR) is 95.1 cm³/mol. The molecule has 128 valence electrons. The number of methoxy groups -OCH3 is 1. The molecule has 0 aliphatic rings. The molecular formula is C20H25NO3. The Kier molecular flexibility index (Phi) is 5.99. The van der Waals surface area contributed by atoms with Gasteiger partial charge in [0.25, 0.3) is 5.91 Å². The third-order valence-electron chi connectivity index (χ3n) is 3.40. The maximum Gasteiger partial charge on any atom is 0.251 e. The third kappa shape index (κ3) is 5.39. The van der Waals surface area contributed by atoms with Gasteiger partial charge in [0.05, 0.1) is 20.3 Å². The van der Waals surface area contributed by atoms with E-state index in [1.807, 2.05) is 57.2 Å². The molecule has 0 radical (unpaired) electrons. The van der Waals surface area contributed by atoms with Crippen molar-refractivity contribution in [3.63, 3.8) is 0 Å². The average Bonchev–Trinajstić information content (AvgIpc) is 2.54. The van der Waals surface area contributed by atoms with Gasteiger partial charge in [-0.3, -0.25) is 4.79 Å². The Morgan fingerprint density at radius 3 is 2.38 bits per heavy atom. The standard InChI is InChI=1S/C20H25NO3/c1-20(2,3)21-19(22)16-10-11-18(23-4)17(12-16)14-24-13-15-8-6-5-7-9-15/h5-12H,13-14H2,1-4H3,(H,21,22). The van der Waals surface area contributed by atoms with Gasteiger partial charge in [0.1, 0.15) is 5.75 Å². The van der Waals surface area contributed by atoms with E-state index in [2.05, 4.69) is 5.32 Å². The molecule has 2 aromatic carbocycles. The molecule has 0 unspecified atom stereocenters. The normalized spacial score (nSPS) is 11.2. The van der Waals surface area contributed by atoms with Gasteiger partial charge in [0, 0.05) is 16.7 Å². The molecule has 1 N–H and O–H groups in total. The first kappa shape index (κ1) is 18.0. The van der Waals surface area contributed by atoms with Gasteiger partial charge in [0.15, 0.2) is 0 Å². The van der Waals surface area contributed by atoms with Crippen molar-refractivity contribution in [3.05, 3.63) is 65.2 Å². The second kappa shape index (κ2) is 7.97. The summed E-state index contributed by atoms with van der Waals surface area (Å²) in [6.45, 7) is 6.77. The van der Waals surface area contributed by atoms with Crippen LogP contribution in [0.15, 0.2) is 48.5 Å². The number of carbonyl (C=O) groups excluding carboxylic acids is 1. The molecule has 0 spiro atoms. The second-order valence-corrected chi connectivity index (χ2v) is 6.71. The molecule has 0 aliphatic heterocycles. The Morgan fingerprint density at radius 1 is 1.04 bits per heavy atom. The summed E-state index contributed by atoms with van der Waals surface area (Å²) in [6.07, 6.45) is 0. The minimum Gasteiger partial charge on any atom is -0.496 e. The predicted octanol–water partition coefficient (Wildman–Crippen LogP) is 3.94. The van der Waals surface area contributed by atoms with Crippen molar-refractivity contribution in [1.29, 1.82) is 0 Å². The van der Waals surface area contributed by atoms with Crippen molar-refractivity contribution in [1.82, 2.24) is 5.32 Å². The Labute approximate surface area is 143 Å². The number of hydrogen-bond acceptors (Lipinski definition) is 3. The highest BCUT2D eigenvalue weighted by molar-refractivity contribution is 5.95. The van der Waals surface area contributed by atoms with Crippen LogP contribution in [-0.2, 0) is 18.0 Å². The molecule has 1 amide bonds. The fourth-order valence-electron chi connectivity index (χ4n) is 2.30. The van der Waals surface area contributed by atoms with Crippen LogP contribution in [0.2, 0.25) is 0 Å². The van der Waals surface area contributed by atoms with Crippen LogP contribution in [0.3, 0.4) is 0 Å². The number of amides is 1. The molecule has 0 saturated heterocycles. The van der Waals surface area contributed by atoms with Crippen LogP contribution in [0.1, 0.15) is 42.3 Å². The van der Waals surface area contributed by atoms with Crippen molar-refractivity contribution in [2.45, 2.75) is 39.5 Å². The molecule has 4 heteroatoms. The SMILES string of the molecule is COc1ccc(C(=O)NC(C)(C)C)cc1COCc1ccccc1. The topological polar surface area (TPSA) is 47.6 Å². The molecule has 0 saturated carbocycles. The lowest BCUT2D eigenvalue weighted by molar-refractivity contribution is 0.0917. The summed E-state index contributed by atoms with van der Waals surface area (Å²) in [7, 11) is 1.62. The summed E-state index contributed by atoms with van der Waals surface area (Å²) in [5, 5.41) is 2.96. The largest absolute Gasteiger partial charge is 0.496 e. The fraction of sp³-hybridized carbons (Fsp3) is 0.350.